The number of methoxy groups -OCH3 is 1. The van der Waals surface area contributed by atoms with Gasteiger partial charge in [-0.15, -0.1) is 11.3 Å². The van der Waals surface area contributed by atoms with Crippen LogP contribution in [0.2, 0.25) is 0 Å². The van der Waals surface area contributed by atoms with Crippen LogP contribution in [0.15, 0.2) is 47.8 Å². The van der Waals surface area contributed by atoms with Crippen LogP contribution in [0.5, 0.6) is 11.5 Å². The number of ether oxygens (including phenoxy) is 3. The van der Waals surface area contributed by atoms with Crippen molar-refractivity contribution in [3.05, 3.63) is 59.1 Å². The first kappa shape index (κ1) is 22.6. The number of aromatic nitrogens is 1. The quantitative estimate of drug-likeness (QED) is 0.480. The summed E-state index contributed by atoms with van der Waals surface area (Å²) < 4.78 is 41.6. The van der Waals surface area contributed by atoms with Gasteiger partial charge in [-0.25, -0.2) is 18.2 Å². The number of rotatable bonds is 9. The van der Waals surface area contributed by atoms with Crippen LogP contribution < -0.4 is 14.2 Å². The van der Waals surface area contributed by atoms with Crippen molar-refractivity contribution in [3.63, 3.8) is 0 Å². The number of thiazole rings is 1. The molecule has 31 heavy (non-hydrogen) atoms. The van der Waals surface area contributed by atoms with Crippen molar-refractivity contribution in [1.29, 1.82) is 0 Å². The van der Waals surface area contributed by atoms with Crippen LogP contribution in [0.25, 0.3) is 10.6 Å². The normalized spacial score (nSPS) is 11.1. The maximum absolute atomic E-state index is 12.5. The standard InChI is InChI=1S/C21H22N2O6S2/c1-4-28-18-10-9-14(11-19(18)27-2)20-22-15(13-30-20)12-29-21(24)16-7-5-6-8-17(16)23-31(3,25)26/h5-11,13,23H,4,12H2,1-3H3. The summed E-state index contributed by atoms with van der Waals surface area (Å²) in [6.45, 7) is 2.39. The fourth-order valence-corrected chi connectivity index (χ4v) is 4.13. The summed E-state index contributed by atoms with van der Waals surface area (Å²) in [6.07, 6.45) is 1.02. The molecule has 0 aliphatic carbocycles. The zero-order chi connectivity index (χ0) is 22.4. The molecular weight excluding hydrogens is 440 g/mol. The molecule has 164 valence electrons. The molecule has 2 aromatic carbocycles. The summed E-state index contributed by atoms with van der Waals surface area (Å²) in [5.74, 6) is 0.613. The van der Waals surface area contributed by atoms with Crippen LogP contribution in [0.4, 0.5) is 5.69 Å². The van der Waals surface area contributed by atoms with Gasteiger partial charge in [-0.1, -0.05) is 12.1 Å². The summed E-state index contributed by atoms with van der Waals surface area (Å²) in [7, 11) is -1.95. The van der Waals surface area contributed by atoms with E-state index < -0.39 is 16.0 Å². The van der Waals surface area contributed by atoms with Crippen LogP contribution in [-0.2, 0) is 21.4 Å². The Morgan fingerprint density at radius 3 is 2.65 bits per heavy atom. The lowest BCUT2D eigenvalue weighted by Gasteiger charge is -2.10. The number of carbonyl (C=O) groups is 1. The highest BCUT2D eigenvalue weighted by atomic mass is 32.2. The van der Waals surface area contributed by atoms with Crippen LogP contribution in [0.1, 0.15) is 23.0 Å². The molecule has 3 rings (SSSR count). The van der Waals surface area contributed by atoms with E-state index in [9.17, 15) is 13.2 Å². The molecule has 10 heteroatoms. The second kappa shape index (κ2) is 9.80. The lowest BCUT2D eigenvalue weighted by atomic mass is 10.2. The summed E-state index contributed by atoms with van der Waals surface area (Å²) in [5.41, 5.74) is 1.72. The Labute approximate surface area is 184 Å². The van der Waals surface area contributed by atoms with Gasteiger partial charge in [0, 0.05) is 10.9 Å². The summed E-state index contributed by atoms with van der Waals surface area (Å²) >= 11 is 1.41. The average Bonchev–Trinajstić information content (AvgIpc) is 3.21. The minimum absolute atomic E-state index is 0.0449. The number of carbonyl (C=O) groups excluding carboxylic acids is 1. The topological polar surface area (TPSA) is 104 Å². The second-order valence-corrected chi connectivity index (χ2v) is 9.05. The van der Waals surface area contributed by atoms with E-state index in [0.717, 1.165) is 16.8 Å². The van der Waals surface area contributed by atoms with E-state index in [4.69, 9.17) is 14.2 Å². The van der Waals surface area contributed by atoms with Crippen molar-refractivity contribution in [1.82, 2.24) is 4.98 Å². The number of sulfonamides is 1. The Balaban J connectivity index is 1.71. The fourth-order valence-electron chi connectivity index (χ4n) is 2.75. The molecule has 1 heterocycles. The molecule has 1 N–H and O–H groups in total. The average molecular weight is 463 g/mol. The van der Waals surface area contributed by atoms with E-state index in [-0.39, 0.29) is 17.9 Å². The molecule has 0 aliphatic rings. The zero-order valence-corrected chi connectivity index (χ0v) is 18.9. The minimum Gasteiger partial charge on any atom is -0.493 e. The van der Waals surface area contributed by atoms with E-state index in [1.807, 2.05) is 25.1 Å². The Morgan fingerprint density at radius 2 is 1.94 bits per heavy atom. The number of esters is 1. The van der Waals surface area contributed by atoms with E-state index in [2.05, 4.69) is 9.71 Å². The van der Waals surface area contributed by atoms with Gasteiger partial charge in [0.25, 0.3) is 0 Å². The molecule has 1 aromatic heterocycles. The number of hydrogen-bond acceptors (Lipinski definition) is 8. The highest BCUT2D eigenvalue weighted by molar-refractivity contribution is 7.92. The predicted molar refractivity (Wildman–Crippen MR) is 119 cm³/mol. The molecule has 0 fully saturated rings. The van der Waals surface area contributed by atoms with E-state index in [1.165, 1.54) is 23.5 Å². The number of para-hydroxylation sites is 1. The van der Waals surface area contributed by atoms with E-state index in [1.54, 1.807) is 24.6 Å². The molecule has 0 amide bonds. The second-order valence-electron chi connectivity index (χ2n) is 6.44. The van der Waals surface area contributed by atoms with Crippen molar-refractivity contribution < 1.29 is 27.4 Å². The molecule has 8 nitrogen and oxygen atoms in total. The van der Waals surface area contributed by atoms with Gasteiger partial charge in [0.15, 0.2) is 11.5 Å². The van der Waals surface area contributed by atoms with Gasteiger partial charge < -0.3 is 14.2 Å². The van der Waals surface area contributed by atoms with Crippen LogP contribution in [-0.4, -0.2) is 39.3 Å². The molecule has 0 spiro atoms. The first-order valence-corrected chi connectivity index (χ1v) is 12.1. The molecular formula is C21H22N2O6S2. The predicted octanol–water partition coefficient (Wildman–Crippen LogP) is 3.95. The molecule has 0 radical (unpaired) electrons. The van der Waals surface area contributed by atoms with Gasteiger partial charge in [-0.2, -0.15) is 0 Å². The van der Waals surface area contributed by atoms with Gasteiger partial charge in [0.2, 0.25) is 10.0 Å². The molecule has 0 unspecified atom stereocenters. The van der Waals surface area contributed by atoms with Gasteiger partial charge in [0.1, 0.15) is 11.6 Å². The first-order valence-electron chi connectivity index (χ1n) is 9.30. The lowest BCUT2D eigenvalue weighted by molar-refractivity contribution is 0.0470. The Bertz CT molecular complexity index is 1170. The summed E-state index contributed by atoms with van der Waals surface area (Å²) in [5, 5.41) is 2.54. The van der Waals surface area contributed by atoms with Crippen molar-refractivity contribution in [2.24, 2.45) is 0 Å². The largest absolute Gasteiger partial charge is 0.493 e. The molecule has 0 bridgehead atoms. The van der Waals surface area contributed by atoms with Crippen LogP contribution in [0.3, 0.4) is 0 Å². The third-order valence-electron chi connectivity index (χ3n) is 4.06. The van der Waals surface area contributed by atoms with Gasteiger partial charge in [-0.3, -0.25) is 4.72 Å². The maximum Gasteiger partial charge on any atom is 0.340 e. The van der Waals surface area contributed by atoms with Gasteiger partial charge in [-0.05, 0) is 37.3 Å². The third-order valence-corrected chi connectivity index (χ3v) is 5.59. The molecule has 3 aromatic rings. The summed E-state index contributed by atoms with van der Waals surface area (Å²) in [6, 6.07) is 11.8. The Morgan fingerprint density at radius 1 is 1.16 bits per heavy atom. The van der Waals surface area contributed by atoms with Crippen molar-refractivity contribution in [2.75, 3.05) is 24.7 Å². The Hall–Kier alpha value is -3.11. The van der Waals surface area contributed by atoms with Crippen molar-refractivity contribution in [3.8, 4) is 22.1 Å². The first-order chi connectivity index (χ1) is 14.8. The molecule has 0 saturated heterocycles. The maximum atomic E-state index is 12.5. The van der Waals surface area contributed by atoms with Crippen LogP contribution in [0, 0.1) is 0 Å². The molecule has 0 saturated carbocycles. The van der Waals surface area contributed by atoms with Crippen molar-refractivity contribution >= 4 is 33.0 Å². The minimum atomic E-state index is -3.53. The van der Waals surface area contributed by atoms with Gasteiger partial charge in [0.05, 0.1) is 36.9 Å². The SMILES string of the molecule is CCOc1ccc(-c2nc(COC(=O)c3ccccc3NS(C)(=O)=O)cs2)cc1OC. The molecule has 0 aliphatic heterocycles. The van der Waals surface area contributed by atoms with E-state index in [0.29, 0.717) is 23.8 Å². The van der Waals surface area contributed by atoms with Gasteiger partial charge >= 0.3 is 5.97 Å². The fraction of sp³-hybridized carbons (Fsp3) is 0.238. The number of nitrogens with zero attached hydrogens (tertiary/aromatic N) is 1. The highest BCUT2D eigenvalue weighted by Crippen LogP contribution is 2.34. The third kappa shape index (κ3) is 5.96. The van der Waals surface area contributed by atoms with E-state index >= 15 is 0 Å². The monoisotopic (exact) mass is 462 g/mol. The number of nitrogens with one attached hydrogen (secondary N) is 1. The number of benzene rings is 2. The Kier molecular flexibility index (Phi) is 7.13. The van der Waals surface area contributed by atoms with Crippen LogP contribution >= 0.6 is 11.3 Å². The lowest BCUT2D eigenvalue weighted by Crippen LogP contribution is -2.14. The number of anilines is 1. The summed E-state index contributed by atoms with van der Waals surface area (Å²) in [4.78, 5) is 17.0. The van der Waals surface area contributed by atoms with Crippen molar-refractivity contribution in [2.45, 2.75) is 13.5 Å². The smallest absolute Gasteiger partial charge is 0.340 e. The zero-order valence-electron chi connectivity index (χ0n) is 17.2. The highest BCUT2D eigenvalue weighted by Gasteiger charge is 2.16. The molecule has 0 atom stereocenters. The number of hydrogen-bond donors (Lipinski definition) is 1.